The average Bonchev–Trinajstić information content (AvgIpc) is 3.18. The fourth-order valence-corrected chi connectivity index (χ4v) is 2.71. The normalized spacial score (nSPS) is 12.2. The number of imidazole rings is 1. The Kier molecular flexibility index (Phi) is 18.1. The van der Waals surface area contributed by atoms with E-state index in [1.807, 2.05) is 70.4 Å². The average molecular weight is 405 g/mol. The van der Waals surface area contributed by atoms with Gasteiger partial charge in [0.25, 0.3) is 0 Å². The molecule has 1 heterocycles. The number of rotatable bonds is 9. The van der Waals surface area contributed by atoms with Crippen LogP contribution in [0.25, 0.3) is 0 Å². The number of ether oxygens (including phenoxy) is 1. The summed E-state index contributed by atoms with van der Waals surface area (Å²) in [6, 6.07) is 0. The topological polar surface area (TPSA) is 44.1 Å². The molecule has 0 saturated carbocycles. The fraction of sp³-hybridized carbons (Fsp3) is 0.391. The van der Waals surface area contributed by atoms with Crippen molar-refractivity contribution in [3.63, 3.8) is 0 Å². The summed E-state index contributed by atoms with van der Waals surface area (Å²) < 4.78 is 7.50. The number of nitrogens with zero attached hydrogens (tertiary/aromatic N) is 2. The molecule has 0 aromatic carbocycles. The Morgan fingerprint density at radius 1 is 1.29 bits per heavy atom. The second-order valence-electron chi connectivity index (χ2n) is 4.88. The maximum Gasteiger partial charge on any atom is 0.303 e. The minimum Gasteiger partial charge on any atom is -0.451 e. The van der Waals surface area contributed by atoms with Gasteiger partial charge in [-0.15, -0.1) is 0 Å². The fourth-order valence-electron chi connectivity index (χ4n) is 2.09. The molecule has 0 saturated heterocycles. The number of thioether (sulfide) groups is 1. The van der Waals surface area contributed by atoms with Gasteiger partial charge in [0, 0.05) is 18.4 Å². The largest absolute Gasteiger partial charge is 0.451 e. The molecule has 28 heavy (non-hydrogen) atoms. The van der Waals surface area contributed by atoms with Crippen LogP contribution in [-0.2, 0) is 16.1 Å². The van der Waals surface area contributed by atoms with Crippen LogP contribution in [0.3, 0.4) is 0 Å². The Bertz CT molecular complexity index is 670. The lowest BCUT2D eigenvalue weighted by atomic mass is 10.2. The molecule has 0 N–H and O–H groups in total. The minimum atomic E-state index is -0.509. The van der Waals surface area contributed by atoms with Crippen LogP contribution in [0.4, 0.5) is 0 Å². The first-order chi connectivity index (χ1) is 13.6. The number of hydrogen-bond donors (Lipinski definition) is 0. The molecule has 0 fully saturated rings. The summed E-state index contributed by atoms with van der Waals surface area (Å²) in [5.74, 6) is -0.342. The van der Waals surface area contributed by atoms with Gasteiger partial charge in [0.15, 0.2) is 6.10 Å². The number of aromatic nitrogens is 2. The second kappa shape index (κ2) is 18.1. The Morgan fingerprint density at radius 3 is 2.39 bits per heavy atom. The summed E-state index contributed by atoms with van der Waals surface area (Å²) in [4.78, 5) is 16.7. The summed E-state index contributed by atoms with van der Waals surface area (Å²) >= 11 is 1.43. The summed E-state index contributed by atoms with van der Waals surface area (Å²) in [6.45, 7) is 21.5. The molecule has 0 aliphatic heterocycles. The Morgan fingerprint density at radius 2 is 1.93 bits per heavy atom. The van der Waals surface area contributed by atoms with E-state index in [1.54, 1.807) is 24.0 Å². The lowest BCUT2D eigenvalue weighted by Gasteiger charge is -2.20. The van der Waals surface area contributed by atoms with Crippen LogP contribution in [-0.4, -0.2) is 15.5 Å². The molecule has 0 spiro atoms. The second-order valence-corrected chi connectivity index (χ2v) is 5.92. The van der Waals surface area contributed by atoms with E-state index in [0.29, 0.717) is 6.54 Å². The molecule has 1 unspecified atom stereocenters. The third kappa shape index (κ3) is 10.2. The van der Waals surface area contributed by atoms with Gasteiger partial charge in [-0.05, 0) is 24.8 Å². The van der Waals surface area contributed by atoms with Gasteiger partial charge >= 0.3 is 5.97 Å². The van der Waals surface area contributed by atoms with Crippen molar-refractivity contribution in [1.82, 2.24) is 9.55 Å². The quantitative estimate of drug-likeness (QED) is 0.328. The minimum absolute atomic E-state index is 0.342. The lowest BCUT2D eigenvalue weighted by Crippen LogP contribution is -2.15. The SMILES string of the molecule is C=CS/C(=C\C)C(OC(C)=O)c1cncn1C/C(C=C)=C/C=C\C.CC.CC. The Hall–Kier alpha value is -2.27. The van der Waals surface area contributed by atoms with Crippen molar-refractivity contribution in [2.75, 3.05) is 0 Å². The molecule has 4 nitrogen and oxygen atoms in total. The van der Waals surface area contributed by atoms with Crippen LogP contribution in [0.5, 0.6) is 0 Å². The van der Waals surface area contributed by atoms with Gasteiger partial charge < -0.3 is 9.30 Å². The van der Waals surface area contributed by atoms with Gasteiger partial charge in [-0.1, -0.05) is 83.0 Å². The number of allylic oxidation sites excluding steroid dienone is 6. The number of esters is 1. The standard InChI is InChI=1S/C19H24N2O2S.2C2H6/c1-6-10-11-16(7-2)13-21-14-20-12-17(21)19(23-15(5)22)18(8-3)24-9-4;2*1-2/h6-12,14,19H,2,4,13H2,1,3,5H3;2*1-2H3/b10-6-,16-11+,18-8-;;. The van der Waals surface area contributed by atoms with Crippen molar-refractivity contribution in [2.24, 2.45) is 0 Å². The molecule has 0 radical (unpaired) electrons. The highest BCUT2D eigenvalue weighted by Gasteiger charge is 2.23. The van der Waals surface area contributed by atoms with E-state index >= 15 is 0 Å². The van der Waals surface area contributed by atoms with Crippen LogP contribution in [0.2, 0.25) is 0 Å². The van der Waals surface area contributed by atoms with Crippen molar-refractivity contribution >= 4 is 17.7 Å². The Labute approximate surface area is 175 Å². The first-order valence-electron chi connectivity index (χ1n) is 9.62. The monoisotopic (exact) mass is 404 g/mol. The number of carbonyl (C=O) groups excluding carboxylic acids is 1. The molecule has 0 bridgehead atoms. The summed E-state index contributed by atoms with van der Waals surface area (Å²) in [7, 11) is 0. The van der Waals surface area contributed by atoms with E-state index in [1.165, 1.54) is 18.7 Å². The number of carbonyl (C=O) groups is 1. The summed E-state index contributed by atoms with van der Waals surface area (Å²) in [5.41, 5.74) is 1.84. The number of hydrogen-bond acceptors (Lipinski definition) is 4. The van der Waals surface area contributed by atoms with E-state index in [9.17, 15) is 4.79 Å². The molecule has 5 heteroatoms. The predicted molar refractivity (Wildman–Crippen MR) is 124 cm³/mol. The summed E-state index contributed by atoms with van der Waals surface area (Å²) in [5, 5.41) is 1.72. The van der Waals surface area contributed by atoms with E-state index in [4.69, 9.17) is 4.74 Å². The maximum absolute atomic E-state index is 11.6. The van der Waals surface area contributed by atoms with E-state index in [0.717, 1.165) is 16.2 Å². The van der Waals surface area contributed by atoms with Crippen molar-refractivity contribution in [3.8, 4) is 0 Å². The third-order valence-corrected chi connectivity index (χ3v) is 4.07. The van der Waals surface area contributed by atoms with Gasteiger partial charge in [-0.2, -0.15) is 0 Å². The highest BCUT2D eigenvalue weighted by molar-refractivity contribution is 8.05. The third-order valence-electron chi connectivity index (χ3n) is 3.18. The van der Waals surface area contributed by atoms with E-state index in [2.05, 4.69) is 18.1 Å². The van der Waals surface area contributed by atoms with Crippen LogP contribution in [0.1, 0.15) is 60.3 Å². The van der Waals surface area contributed by atoms with Gasteiger partial charge in [-0.25, -0.2) is 4.98 Å². The molecule has 1 rings (SSSR count). The molecule has 0 amide bonds. The molecule has 0 aliphatic rings. The van der Waals surface area contributed by atoms with Gasteiger partial charge in [0.2, 0.25) is 0 Å². The van der Waals surface area contributed by atoms with Crippen LogP contribution < -0.4 is 0 Å². The molecular formula is C23H36N2O2S. The van der Waals surface area contributed by atoms with Crippen molar-refractivity contribution < 1.29 is 9.53 Å². The van der Waals surface area contributed by atoms with Crippen molar-refractivity contribution in [1.29, 1.82) is 0 Å². The zero-order chi connectivity index (χ0) is 21.9. The van der Waals surface area contributed by atoms with Crippen molar-refractivity contribution in [3.05, 3.63) is 77.6 Å². The zero-order valence-corrected chi connectivity index (χ0v) is 19.3. The van der Waals surface area contributed by atoms with Crippen LogP contribution in [0, 0.1) is 0 Å². The first-order valence-corrected chi connectivity index (χ1v) is 10.5. The van der Waals surface area contributed by atoms with Gasteiger partial charge in [0.05, 0.1) is 18.2 Å². The lowest BCUT2D eigenvalue weighted by molar-refractivity contribution is -0.144. The Balaban J connectivity index is 0. The van der Waals surface area contributed by atoms with E-state index in [-0.39, 0.29) is 5.97 Å². The van der Waals surface area contributed by atoms with Gasteiger partial charge in [-0.3, -0.25) is 4.79 Å². The molecule has 156 valence electrons. The van der Waals surface area contributed by atoms with E-state index < -0.39 is 6.10 Å². The first kappa shape index (κ1) is 27.9. The summed E-state index contributed by atoms with van der Waals surface area (Å²) in [6.07, 6.45) is 12.6. The molecule has 1 atom stereocenters. The molecule has 0 aliphatic carbocycles. The van der Waals surface area contributed by atoms with Crippen molar-refractivity contribution in [2.45, 2.75) is 61.1 Å². The molecule has 1 aromatic rings. The van der Waals surface area contributed by atoms with Crippen LogP contribution in [0.15, 0.2) is 71.9 Å². The van der Waals surface area contributed by atoms with Gasteiger partial charge in [0.1, 0.15) is 0 Å². The molecular weight excluding hydrogens is 368 g/mol. The zero-order valence-electron chi connectivity index (χ0n) is 18.4. The van der Waals surface area contributed by atoms with Crippen LogP contribution >= 0.6 is 11.8 Å². The highest BCUT2D eigenvalue weighted by Crippen LogP contribution is 2.34. The highest BCUT2D eigenvalue weighted by atomic mass is 32.2. The predicted octanol–water partition coefficient (Wildman–Crippen LogP) is 7.01. The maximum atomic E-state index is 11.6. The smallest absolute Gasteiger partial charge is 0.303 e. The molecule has 1 aromatic heterocycles.